The highest BCUT2D eigenvalue weighted by atomic mass is 32.2. The Bertz CT molecular complexity index is 860. The molecule has 3 rings (SSSR count). The summed E-state index contributed by atoms with van der Waals surface area (Å²) >= 11 is 1.71. The van der Waals surface area contributed by atoms with Gasteiger partial charge in [-0.2, -0.15) is 11.8 Å². The maximum absolute atomic E-state index is 12.8. The molecular weight excluding hydrogens is 400 g/mol. The van der Waals surface area contributed by atoms with Crippen LogP contribution >= 0.6 is 11.8 Å². The molecule has 0 aromatic heterocycles. The predicted molar refractivity (Wildman–Crippen MR) is 118 cm³/mol. The Hall–Kier alpha value is -2.80. The molecule has 3 atom stereocenters. The average molecular weight is 427 g/mol. The first-order chi connectivity index (χ1) is 14.5. The Morgan fingerprint density at radius 2 is 1.43 bits per heavy atom. The highest BCUT2D eigenvalue weighted by Gasteiger charge is 2.38. The summed E-state index contributed by atoms with van der Waals surface area (Å²) in [6.07, 6.45) is 2.30. The molecule has 1 fully saturated rings. The SMILES string of the molecule is O=C(O)CCCC[C@@H]1SC[C@H](NC(=O)c2ccccc2)[C@@H]1NC(=O)c1ccccc1. The Labute approximate surface area is 180 Å². The molecule has 7 heteroatoms. The summed E-state index contributed by atoms with van der Waals surface area (Å²) in [7, 11) is 0. The molecule has 2 aromatic carbocycles. The van der Waals surface area contributed by atoms with Gasteiger partial charge >= 0.3 is 5.97 Å². The second-order valence-electron chi connectivity index (χ2n) is 7.32. The van der Waals surface area contributed by atoms with Crippen LogP contribution in [0.2, 0.25) is 0 Å². The minimum absolute atomic E-state index is 0.118. The zero-order valence-corrected chi connectivity index (χ0v) is 17.4. The van der Waals surface area contributed by atoms with E-state index in [1.807, 2.05) is 36.4 Å². The summed E-state index contributed by atoms with van der Waals surface area (Å²) in [5.41, 5.74) is 1.16. The van der Waals surface area contributed by atoms with E-state index in [2.05, 4.69) is 10.6 Å². The number of amides is 2. The van der Waals surface area contributed by atoms with Gasteiger partial charge in [0.15, 0.2) is 0 Å². The minimum atomic E-state index is -0.795. The number of thioether (sulfide) groups is 1. The van der Waals surface area contributed by atoms with Crippen LogP contribution in [-0.2, 0) is 4.79 Å². The van der Waals surface area contributed by atoms with Crippen molar-refractivity contribution >= 4 is 29.5 Å². The van der Waals surface area contributed by atoms with E-state index in [0.717, 1.165) is 12.8 Å². The third-order valence-electron chi connectivity index (χ3n) is 5.14. The van der Waals surface area contributed by atoms with Crippen molar-refractivity contribution in [2.45, 2.75) is 43.0 Å². The molecule has 0 bridgehead atoms. The first-order valence-electron chi connectivity index (χ1n) is 10.1. The number of hydrogen-bond donors (Lipinski definition) is 3. The van der Waals surface area contributed by atoms with Gasteiger partial charge in [0.2, 0.25) is 0 Å². The normalized spacial score (nSPS) is 20.5. The van der Waals surface area contributed by atoms with Crippen LogP contribution < -0.4 is 10.6 Å². The van der Waals surface area contributed by atoms with Gasteiger partial charge in [-0.25, -0.2) is 0 Å². The zero-order valence-electron chi connectivity index (χ0n) is 16.6. The molecule has 30 heavy (non-hydrogen) atoms. The van der Waals surface area contributed by atoms with E-state index in [-0.39, 0.29) is 35.6 Å². The number of carboxylic acids is 1. The number of benzene rings is 2. The first kappa shape index (κ1) is 21.9. The third-order valence-corrected chi connectivity index (χ3v) is 6.65. The van der Waals surface area contributed by atoms with E-state index >= 15 is 0 Å². The third kappa shape index (κ3) is 6.10. The van der Waals surface area contributed by atoms with E-state index in [9.17, 15) is 14.4 Å². The number of aliphatic carboxylic acids is 1. The van der Waals surface area contributed by atoms with Crippen molar-refractivity contribution in [3.05, 3.63) is 71.8 Å². The quantitative estimate of drug-likeness (QED) is 0.535. The van der Waals surface area contributed by atoms with Gasteiger partial charge in [0.25, 0.3) is 11.8 Å². The summed E-state index contributed by atoms with van der Waals surface area (Å²) in [5, 5.41) is 15.1. The molecule has 158 valence electrons. The highest BCUT2D eigenvalue weighted by Crippen LogP contribution is 2.32. The van der Waals surface area contributed by atoms with Gasteiger partial charge < -0.3 is 15.7 Å². The molecule has 0 radical (unpaired) electrons. The molecule has 3 N–H and O–H groups in total. The van der Waals surface area contributed by atoms with Crippen molar-refractivity contribution in [2.24, 2.45) is 0 Å². The molecule has 0 saturated carbocycles. The van der Waals surface area contributed by atoms with Crippen molar-refractivity contribution in [2.75, 3.05) is 5.75 Å². The van der Waals surface area contributed by atoms with E-state index < -0.39 is 5.97 Å². The Kier molecular flexibility index (Phi) is 7.90. The topological polar surface area (TPSA) is 95.5 Å². The molecule has 0 spiro atoms. The van der Waals surface area contributed by atoms with Crippen molar-refractivity contribution < 1.29 is 19.5 Å². The lowest BCUT2D eigenvalue weighted by Crippen LogP contribution is -2.53. The van der Waals surface area contributed by atoms with E-state index in [1.165, 1.54) is 0 Å². The molecule has 1 saturated heterocycles. The van der Waals surface area contributed by atoms with Crippen LogP contribution in [0.1, 0.15) is 46.4 Å². The first-order valence-corrected chi connectivity index (χ1v) is 11.1. The lowest BCUT2D eigenvalue weighted by atomic mass is 10.00. The number of unbranched alkanes of at least 4 members (excludes halogenated alkanes) is 1. The second-order valence-corrected chi connectivity index (χ2v) is 8.59. The van der Waals surface area contributed by atoms with Gasteiger partial charge in [0.1, 0.15) is 0 Å². The molecule has 1 aliphatic heterocycles. The van der Waals surface area contributed by atoms with Gasteiger partial charge in [-0.3, -0.25) is 14.4 Å². The number of carbonyl (C=O) groups is 3. The van der Waals surface area contributed by atoms with E-state index in [4.69, 9.17) is 5.11 Å². The smallest absolute Gasteiger partial charge is 0.303 e. The number of hydrogen-bond acceptors (Lipinski definition) is 4. The molecule has 0 unspecified atom stereocenters. The highest BCUT2D eigenvalue weighted by molar-refractivity contribution is 8.00. The summed E-state index contributed by atoms with van der Waals surface area (Å²) in [6, 6.07) is 17.6. The van der Waals surface area contributed by atoms with Crippen LogP contribution in [0.3, 0.4) is 0 Å². The Morgan fingerprint density at radius 1 is 0.867 bits per heavy atom. The van der Waals surface area contributed by atoms with Crippen LogP contribution in [0.5, 0.6) is 0 Å². The maximum Gasteiger partial charge on any atom is 0.303 e. The average Bonchev–Trinajstić information content (AvgIpc) is 3.13. The summed E-state index contributed by atoms with van der Waals surface area (Å²) in [4.78, 5) is 36.2. The van der Waals surface area contributed by atoms with Crippen LogP contribution in [0.15, 0.2) is 60.7 Å². The molecule has 6 nitrogen and oxygen atoms in total. The molecule has 2 aromatic rings. The monoisotopic (exact) mass is 426 g/mol. The van der Waals surface area contributed by atoms with Gasteiger partial charge in [-0.05, 0) is 37.1 Å². The van der Waals surface area contributed by atoms with E-state index in [0.29, 0.717) is 23.3 Å². The number of carbonyl (C=O) groups excluding carboxylic acids is 2. The maximum atomic E-state index is 12.8. The lowest BCUT2D eigenvalue weighted by molar-refractivity contribution is -0.137. The van der Waals surface area contributed by atoms with Crippen LogP contribution in [0.4, 0.5) is 0 Å². The van der Waals surface area contributed by atoms with Gasteiger partial charge in [-0.1, -0.05) is 42.8 Å². The number of rotatable bonds is 9. The minimum Gasteiger partial charge on any atom is -0.481 e. The van der Waals surface area contributed by atoms with Crippen LogP contribution in [-0.4, -0.2) is 46.0 Å². The number of nitrogens with one attached hydrogen (secondary N) is 2. The van der Waals surface area contributed by atoms with Crippen molar-refractivity contribution in [1.29, 1.82) is 0 Å². The van der Waals surface area contributed by atoms with Crippen molar-refractivity contribution in [1.82, 2.24) is 10.6 Å². The van der Waals surface area contributed by atoms with Gasteiger partial charge in [0.05, 0.1) is 12.1 Å². The molecule has 1 heterocycles. The van der Waals surface area contributed by atoms with Crippen molar-refractivity contribution in [3.63, 3.8) is 0 Å². The van der Waals surface area contributed by atoms with Crippen molar-refractivity contribution in [3.8, 4) is 0 Å². The molecule has 2 amide bonds. The fourth-order valence-electron chi connectivity index (χ4n) is 3.57. The van der Waals surface area contributed by atoms with Gasteiger partial charge in [-0.15, -0.1) is 0 Å². The van der Waals surface area contributed by atoms with Crippen LogP contribution in [0, 0.1) is 0 Å². The standard InChI is InChI=1S/C23H26N2O4S/c26-20(27)14-8-7-13-19-21(25-23(29)17-11-5-2-6-12-17)18(15-30-19)24-22(28)16-9-3-1-4-10-16/h1-6,9-12,18-19,21H,7-8,13-15H2,(H,24,28)(H,25,29)(H,26,27)/t18-,19-,21-/m0/s1. The Balaban J connectivity index is 1.67. The lowest BCUT2D eigenvalue weighted by Gasteiger charge is -2.26. The largest absolute Gasteiger partial charge is 0.481 e. The second kappa shape index (κ2) is 10.8. The van der Waals surface area contributed by atoms with Gasteiger partial charge in [0, 0.05) is 28.6 Å². The molecule has 0 aliphatic carbocycles. The molecule has 1 aliphatic rings. The van der Waals surface area contributed by atoms with Crippen LogP contribution in [0.25, 0.3) is 0 Å². The summed E-state index contributed by atoms with van der Waals surface area (Å²) in [6.45, 7) is 0. The number of carboxylic acid groups (broad SMARTS) is 1. The zero-order chi connectivity index (χ0) is 21.3. The Morgan fingerprint density at radius 3 is 2.00 bits per heavy atom. The molecular formula is C23H26N2O4S. The summed E-state index contributed by atoms with van der Waals surface area (Å²) in [5.74, 6) is -0.428. The summed E-state index contributed by atoms with van der Waals surface area (Å²) < 4.78 is 0. The predicted octanol–water partition coefficient (Wildman–Crippen LogP) is 3.34. The fourth-order valence-corrected chi connectivity index (χ4v) is 5.11. The van der Waals surface area contributed by atoms with E-state index in [1.54, 1.807) is 36.0 Å². The fraction of sp³-hybridized carbons (Fsp3) is 0.348.